The fourth-order valence-electron chi connectivity index (χ4n) is 1.34. The zero-order valence-electron chi connectivity index (χ0n) is 7.83. The second-order valence-electron chi connectivity index (χ2n) is 3.18. The van der Waals surface area contributed by atoms with Crippen molar-refractivity contribution in [3.8, 4) is 11.1 Å². The van der Waals surface area contributed by atoms with Crippen LogP contribution in [0.25, 0.3) is 11.1 Å². The number of aromatic amines is 1. The number of benzene rings is 1. The molecule has 76 valence electrons. The number of pyridine rings is 1. The molecule has 0 fully saturated rings. The van der Waals surface area contributed by atoms with Crippen LogP contribution in [0, 0.1) is 0 Å². The predicted octanol–water partition coefficient (Wildman–Crippen LogP) is 2.28. The van der Waals surface area contributed by atoms with Crippen LogP contribution in [0.1, 0.15) is 0 Å². The summed E-state index contributed by atoms with van der Waals surface area (Å²) in [6.07, 6.45) is 1.47. The van der Waals surface area contributed by atoms with Gasteiger partial charge in [0.1, 0.15) is 0 Å². The highest BCUT2D eigenvalue weighted by molar-refractivity contribution is 6.30. The SMILES string of the molecule is Nc1c[nH]c(=O)c(-c2ccc(Cl)cc2)c1. The third kappa shape index (κ3) is 2.02. The van der Waals surface area contributed by atoms with Crippen molar-refractivity contribution in [3.63, 3.8) is 0 Å². The number of anilines is 1. The maximum atomic E-state index is 11.5. The molecule has 1 aromatic carbocycles. The summed E-state index contributed by atoms with van der Waals surface area (Å²) < 4.78 is 0. The first kappa shape index (κ1) is 9.80. The van der Waals surface area contributed by atoms with E-state index in [1.165, 1.54) is 6.20 Å². The Kier molecular flexibility index (Phi) is 2.47. The molecule has 0 spiro atoms. The summed E-state index contributed by atoms with van der Waals surface area (Å²) in [7, 11) is 0. The number of hydrogen-bond donors (Lipinski definition) is 2. The number of halogens is 1. The highest BCUT2D eigenvalue weighted by Gasteiger charge is 2.03. The van der Waals surface area contributed by atoms with Gasteiger partial charge in [-0.3, -0.25) is 4.79 Å². The zero-order valence-corrected chi connectivity index (χ0v) is 8.58. The van der Waals surface area contributed by atoms with Crippen LogP contribution in [0.4, 0.5) is 5.69 Å². The van der Waals surface area contributed by atoms with E-state index in [9.17, 15) is 4.79 Å². The number of H-pyrrole nitrogens is 1. The smallest absolute Gasteiger partial charge is 0.255 e. The summed E-state index contributed by atoms with van der Waals surface area (Å²) in [5, 5.41) is 0.638. The summed E-state index contributed by atoms with van der Waals surface area (Å²) in [4.78, 5) is 14.1. The summed E-state index contributed by atoms with van der Waals surface area (Å²) >= 11 is 5.76. The molecule has 4 heteroatoms. The van der Waals surface area contributed by atoms with Gasteiger partial charge in [0.05, 0.1) is 0 Å². The average Bonchev–Trinajstić information content (AvgIpc) is 2.23. The van der Waals surface area contributed by atoms with E-state index in [-0.39, 0.29) is 5.56 Å². The molecule has 0 radical (unpaired) electrons. The number of rotatable bonds is 1. The second kappa shape index (κ2) is 3.79. The van der Waals surface area contributed by atoms with E-state index in [1.54, 1.807) is 30.3 Å². The Morgan fingerprint density at radius 3 is 2.53 bits per heavy atom. The zero-order chi connectivity index (χ0) is 10.8. The fraction of sp³-hybridized carbons (Fsp3) is 0. The lowest BCUT2D eigenvalue weighted by molar-refractivity contribution is 1.24. The van der Waals surface area contributed by atoms with Gasteiger partial charge < -0.3 is 10.7 Å². The monoisotopic (exact) mass is 220 g/mol. The van der Waals surface area contributed by atoms with E-state index in [0.29, 0.717) is 16.3 Å². The summed E-state index contributed by atoms with van der Waals surface area (Å²) in [6.45, 7) is 0. The standard InChI is InChI=1S/C11H9ClN2O/c12-8-3-1-7(2-4-8)10-5-9(13)6-14-11(10)15/h1-6H,13H2,(H,14,15). The first-order valence-electron chi connectivity index (χ1n) is 4.41. The summed E-state index contributed by atoms with van der Waals surface area (Å²) in [5.74, 6) is 0. The second-order valence-corrected chi connectivity index (χ2v) is 3.62. The summed E-state index contributed by atoms with van der Waals surface area (Å²) in [6, 6.07) is 8.68. The fourth-order valence-corrected chi connectivity index (χ4v) is 1.47. The van der Waals surface area contributed by atoms with E-state index in [2.05, 4.69) is 4.98 Å². The van der Waals surface area contributed by atoms with Crippen LogP contribution >= 0.6 is 11.6 Å². The van der Waals surface area contributed by atoms with Crippen LogP contribution in [0.3, 0.4) is 0 Å². The number of hydrogen-bond acceptors (Lipinski definition) is 2. The van der Waals surface area contributed by atoms with Gasteiger partial charge in [-0.05, 0) is 23.8 Å². The Morgan fingerprint density at radius 2 is 1.87 bits per heavy atom. The molecule has 0 amide bonds. The number of nitrogens with two attached hydrogens (primary N) is 1. The van der Waals surface area contributed by atoms with Crippen molar-refractivity contribution < 1.29 is 0 Å². The molecule has 2 rings (SSSR count). The van der Waals surface area contributed by atoms with Gasteiger partial charge in [-0.1, -0.05) is 23.7 Å². The molecule has 0 aliphatic rings. The van der Waals surface area contributed by atoms with E-state index in [1.807, 2.05) is 0 Å². The van der Waals surface area contributed by atoms with Crippen molar-refractivity contribution in [3.05, 3.63) is 51.9 Å². The van der Waals surface area contributed by atoms with Crippen molar-refractivity contribution in [2.24, 2.45) is 0 Å². The molecule has 15 heavy (non-hydrogen) atoms. The van der Waals surface area contributed by atoms with Crippen molar-refractivity contribution in [1.29, 1.82) is 0 Å². The molecule has 0 saturated carbocycles. The molecule has 0 aliphatic heterocycles. The van der Waals surface area contributed by atoms with Gasteiger partial charge in [0, 0.05) is 22.5 Å². The number of nitrogen functional groups attached to an aromatic ring is 1. The third-order valence-electron chi connectivity index (χ3n) is 2.08. The Balaban J connectivity index is 2.58. The Labute approximate surface area is 91.5 Å². The predicted molar refractivity (Wildman–Crippen MR) is 61.9 cm³/mol. The van der Waals surface area contributed by atoms with Crippen LogP contribution in [0.2, 0.25) is 5.02 Å². The maximum absolute atomic E-state index is 11.5. The van der Waals surface area contributed by atoms with Gasteiger partial charge in [-0.15, -0.1) is 0 Å². The lowest BCUT2D eigenvalue weighted by Crippen LogP contribution is -2.08. The third-order valence-corrected chi connectivity index (χ3v) is 2.33. The topological polar surface area (TPSA) is 58.9 Å². The quantitative estimate of drug-likeness (QED) is 0.775. The van der Waals surface area contributed by atoms with E-state index in [0.717, 1.165) is 5.56 Å². The van der Waals surface area contributed by atoms with E-state index >= 15 is 0 Å². The van der Waals surface area contributed by atoms with Gasteiger partial charge in [0.25, 0.3) is 5.56 Å². The van der Waals surface area contributed by atoms with Crippen LogP contribution in [-0.2, 0) is 0 Å². The molecule has 1 aromatic heterocycles. The maximum Gasteiger partial charge on any atom is 0.255 e. The molecule has 0 atom stereocenters. The molecular weight excluding hydrogens is 212 g/mol. The van der Waals surface area contributed by atoms with Crippen molar-refractivity contribution in [2.75, 3.05) is 5.73 Å². The number of nitrogens with one attached hydrogen (secondary N) is 1. The highest BCUT2D eigenvalue weighted by Crippen LogP contribution is 2.19. The van der Waals surface area contributed by atoms with Crippen molar-refractivity contribution in [1.82, 2.24) is 4.98 Å². The molecule has 2 aromatic rings. The molecule has 0 unspecified atom stereocenters. The first-order chi connectivity index (χ1) is 7.16. The molecule has 3 nitrogen and oxygen atoms in total. The van der Waals surface area contributed by atoms with E-state index < -0.39 is 0 Å². The summed E-state index contributed by atoms with van der Waals surface area (Å²) in [5.41, 5.74) is 7.31. The van der Waals surface area contributed by atoms with Gasteiger partial charge in [-0.2, -0.15) is 0 Å². The Morgan fingerprint density at radius 1 is 1.20 bits per heavy atom. The molecule has 1 heterocycles. The van der Waals surface area contributed by atoms with E-state index in [4.69, 9.17) is 17.3 Å². The lowest BCUT2D eigenvalue weighted by atomic mass is 10.1. The Bertz CT molecular complexity index is 531. The van der Waals surface area contributed by atoms with Gasteiger partial charge in [-0.25, -0.2) is 0 Å². The molecular formula is C11H9ClN2O. The highest BCUT2D eigenvalue weighted by atomic mass is 35.5. The molecule has 0 saturated heterocycles. The van der Waals surface area contributed by atoms with Crippen LogP contribution in [0.5, 0.6) is 0 Å². The largest absolute Gasteiger partial charge is 0.398 e. The van der Waals surface area contributed by atoms with Gasteiger partial charge in [0.15, 0.2) is 0 Å². The van der Waals surface area contributed by atoms with Crippen LogP contribution in [-0.4, -0.2) is 4.98 Å². The first-order valence-corrected chi connectivity index (χ1v) is 4.79. The normalized spacial score (nSPS) is 10.2. The minimum atomic E-state index is -0.161. The number of aromatic nitrogens is 1. The van der Waals surface area contributed by atoms with Gasteiger partial charge in [0.2, 0.25) is 0 Å². The average molecular weight is 221 g/mol. The molecule has 3 N–H and O–H groups in total. The van der Waals surface area contributed by atoms with Crippen molar-refractivity contribution >= 4 is 17.3 Å². The molecule has 0 bridgehead atoms. The minimum absolute atomic E-state index is 0.161. The Hall–Kier alpha value is -1.74. The molecule has 0 aliphatic carbocycles. The minimum Gasteiger partial charge on any atom is -0.398 e. The van der Waals surface area contributed by atoms with Crippen LogP contribution in [0.15, 0.2) is 41.3 Å². The van der Waals surface area contributed by atoms with Crippen LogP contribution < -0.4 is 11.3 Å². The van der Waals surface area contributed by atoms with Crippen molar-refractivity contribution in [2.45, 2.75) is 0 Å². The van der Waals surface area contributed by atoms with Gasteiger partial charge >= 0.3 is 0 Å². The lowest BCUT2D eigenvalue weighted by Gasteiger charge is -2.01.